The van der Waals surface area contributed by atoms with Crippen molar-refractivity contribution >= 4 is 5.91 Å². The van der Waals surface area contributed by atoms with Crippen LogP contribution in [0.2, 0.25) is 0 Å². The van der Waals surface area contributed by atoms with Crippen LogP contribution in [0.3, 0.4) is 0 Å². The van der Waals surface area contributed by atoms with Crippen molar-refractivity contribution in [3.8, 4) is 11.8 Å². The highest BCUT2D eigenvalue weighted by molar-refractivity contribution is 5.85. The van der Waals surface area contributed by atoms with Gasteiger partial charge < -0.3 is 14.7 Å². The van der Waals surface area contributed by atoms with Gasteiger partial charge in [-0.05, 0) is 37.1 Å². The second-order valence-corrected chi connectivity index (χ2v) is 6.84. The standard InChI is InChI=1S/C19H24N2O3/c20-14-15-4-6-16(7-5-15)24-17-8-12-21(13-9-17)18(22)19(23)10-2-1-3-11-19/h4-7,17,23H,1-3,8-13H2. The largest absolute Gasteiger partial charge is 0.490 e. The first-order chi connectivity index (χ1) is 11.6. The average molecular weight is 328 g/mol. The lowest BCUT2D eigenvalue weighted by atomic mass is 9.83. The lowest BCUT2D eigenvalue weighted by Crippen LogP contribution is -2.53. The number of carbonyl (C=O) groups is 1. The maximum absolute atomic E-state index is 12.6. The molecule has 0 spiro atoms. The predicted octanol–water partition coefficient (Wildman–Crippen LogP) is 2.62. The van der Waals surface area contributed by atoms with Crippen LogP contribution in [-0.4, -0.2) is 40.7 Å². The number of likely N-dealkylation sites (tertiary alicyclic amines) is 1. The van der Waals surface area contributed by atoms with Gasteiger partial charge in [-0.25, -0.2) is 0 Å². The van der Waals surface area contributed by atoms with Crippen molar-refractivity contribution in [2.75, 3.05) is 13.1 Å². The molecule has 1 aromatic carbocycles. The monoisotopic (exact) mass is 328 g/mol. The average Bonchev–Trinajstić information content (AvgIpc) is 2.63. The Balaban J connectivity index is 1.51. The van der Waals surface area contributed by atoms with Gasteiger partial charge in [-0.15, -0.1) is 0 Å². The molecule has 1 saturated heterocycles. The Morgan fingerprint density at radius 3 is 2.38 bits per heavy atom. The Hall–Kier alpha value is -2.06. The summed E-state index contributed by atoms with van der Waals surface area (Å²) < 4.78 is 5.94. The molecule has 0 unspecified atom stereocenters. The van der Waals surface area contributed by atoms with Gasteiger partial charge in [-0.1, -0.05) is 19.3 Å². The van der Waals surface area contributed by atoms with E-state index in [1.807, 2.05) is 0 Å². The van der Waals surface area contributed by atoms with Crippen molar-refractivity contribution in [3.05, 3.63) is 29.8 Å². The van der Waals surface area contributed by atoms with Gasteiger partial charge in [0, 0.05) is 25.9 Å². The van der Waals surface area contributed by atoms with Crippen molar-refractivity contribution in [2.24, 2.45) is 0 Å². The number of rotatable bonds is 3. The quantitative estimate of drug-likeness (QED) is 0.925. The number of nitrogens with zero attached hydrogens (tertiary/aromatic N) is 2. The highest BCUT2D eigenvalue weighted by Crippen LogP contribution is 2.31. The molecule has 0 aromatic heterocycles. The molecule has 0 radical (unpaired) electrons. The number of benzene rings is 1. The van der Waals surface area contributed by atoms with Crippen LogP contribution in [0, 0.1) is 11.3 Å². The van der Waals surface area contributed by atoms with Crippen molar-refractivity contribution in [2.45, 2.75) is 56.7 Å². The van der Waals surface area contributed by atoms with Gasteiger partial charge in [-0.2, -0.15) is 5.26 Å². The number of nitriles is 1. The molecule has 0 bridgehead atoms. The van der Waals surface area contributed by atoms with Crippen LogP contribution in [0.25, 0.3) is 0 Å². The molecule has 3 rings (SSSR count). The fourth-order valence-corrected chi connectivity index (χ4v) is 3.62. The zero-order valence-electron chi connectivity index (χ0n) is 13.9. The summed E-state index contributed by atoms with van der Waals surface area (Å²) in [5.74, 6) is 0.656. The SMILES string of the molecule is N#Cc1ccc(OC2CCN(C(=O)C3(O)CCCCC3)CC2)cc1. The summed E-state index contributed by atoms with van der Waals surface area (Å²) >= 11 is 0. The van der Waals surface area contributed by atoms with E-state index in [-0.39, 0.29) is 12.0 Å². The van der Waals surface area contributed by atoms with E-state index in [2.05, 4.69) is 6.07 Å². The molecule has 1 heterocycles. The number of carbonyl (C=O) groups excluding carboxylic acids is 1. The second-order valence-electron chi connectivity index (χ2n) is 6.84. The maximum atomic E-state index is 12.6. The summed E-state index contributed by atoms with van der Waals surface area (Å²) in [5, 5.41) is 19.4. The third-order valence-corrected chi connectivity index (χ3v) is 5.09. The number of piperidine rings is 1. The van der Waals surface area contributed by atoms with Crippen LogP contribution in [0.5, 0.6) is 5.75 Å². The van der Waals surface area contributed by atoms with Gasteiger partial charge in [-0.3, -0.25) is 4.79 Å². The number of aliphatic hydroxyl groups is 1. The van der Waals surface area contributed by atoms with Crippen LogP contribution in [0.4, 0.5) is 0 Å². The minimum atomic E-state index is -1.14. The van der Waals surface area contributed by atoms with E-state index in [4.69, 9.17) is 10.00 Å². The summed E-state index contributed by atoms with van der Waals surface area (Å²) in [6.07, 6.45) is 5.75. The van der Waals surface area contributed by atoms with Crippen molar-refractivity contribution in [3.63, 3.8) is 0 Å². The summed E-state index contributed by atoms with van der Waals surface area (Å²) in [5.41, 5.74) is -0.525. The van der Waals surface area contributed by atoms with E-state index in [1.54, 1.807) is 29.2 Å². The van der Waals surface area contributed by atoms with Gasteiger partial charge in [0.05, 0.1) is 11.6 Å². The molecule has 5 nitrogen and oxygen atoms in total. The lowest BCUT2D eigenvalue weighted by Gasteiger charge is -2.39. The van der Waals surface area contributed by atoms with Crippen LogP contribution in [0.1, 0.15) is 50.5 Å². The normalized spacial score (nSPS) is 21.1. The molecule has 2 aliphatic rings. The van der Waals surface area contributed by atoms with Crippen LogP contribution >= 0.6 is 0 Å². The van der Waals surface area contributed by atoms with Gasteiger partial charge in [0.1, 0.15) is 17.5 Å². The Morgan fingerprint density at radius 1 is 1.17 bits per heavy atom. The van der Waals surface area contributed by atoms with Crippen LogP contribution in [-0.2, 0) is 4.79 Å². The van der Waals surface area contributed by atoms with E-state index >= 15 is 0 Å². The molecule has 1 amide bonds. The summed E-state index contributed by atoms with van der Waals surface area (Å²) in [6.45, 7) is 1.25. The second kappa shape index (κ2) is 7.23. The zero-order valence-corrected chi connectivity index (χ0v) is 13.9. The summed E-state index contributed by atoms with van der Waals surface area (Å²) in [6, 6.07) is 9.19. The topological polar surface area (TPSA) is 73.6 Å². The summed E-state index contributed by atoms with van der Waals surface area (Å²) in [7, 11) is 0. The van der Waals surface area contributed by atoms with E-state index in [0.29, 0.717) is 31.5 Å². The predicted molar refractivity (Wildman–Crippen MR) is 89.4 cm³/mol. The van der Waals surface area contributed by atoms with Crippen LogP contribution in [0.15, 0.2) is 24.3 Å². The smallest absolute Gasteiger partial charge is 0.254 e. The van der Waals surface area contributed by atoms with Gasteiger partial charge in [0.2, 0.25) is 0 Å². The van der Waals surface area contributed by atoms with Gasteiger partial charge >= 0.3 is 0 Å². The fourth-order valence-electron chi connectivity index (χ4n) is 3.62. The number of hydrogen-bond donors (Lipinski definition) is 1. The Kier molecular flexibility index (Phi) is 5.06. The van der Waals surface area contributed by atoms with Crippen molar-refractivity contribution in [1.82, 2.24) is 4.90 Å². The minimum Gasteiger partial charge on any atom is -0.490 e. The van der Waals surface area contributed by atoms with E-state index < -0.39 is 5.60 Å². The zero-order chi connectivity index (χ0) is 17.0. The molecule has 0 atom stereocenters. The lowest BCUT2D eigenvalue weighted by molar-refractivity contribution is -0.156. The summed E-state index contributed by atoms with van der Waals surface area (Å²) in [4.78, 5) is 14.4. The Labute approximate surface area is 142 Å². The molecular weight excluding hydrogens is 304 g/mol. The van der Waals surface area contributed by atoms with Gasteiger partial charge in [0.15, 0.2) is 0 Å². The Morgan fingerprint density at radius 2 is 1.79 bits per heavy atom. The highest BCUT2D eigenvalue weighted by atomic mass is 16.5. The molecule has 5 heteroatoms. The molecule has 1 saturated carbocycles. The first-order valence-corrected chi connectivity index (χ1v) is 8.79. The molecule has 1 aromatic rings. The van der Waals surface area contributed by atoms with E-state index in [0.717, 1.165) is 37.9 Å². The molecule has 1 N–H and O–H groups in total. The number of amides is 1. The highest BCUT2D eigenvalue weighted by Gasteiger charge is 2.41. The van der Waals surface area contributed by atoms with Crippen molar-refractivity contribution in [1.29, 1.82) is 5.26 Å². The van der Waals surface area contributed by atoms with Gasteiger partial charge in [0.25, 0.3) is 5.91 Å². The number of hydrogen-bond acceptors (Lipinski definition) is 4. The minimum absolute atomic E-state index is 0.0722. The molecular formula is C19H24N2O3. The van der Waals surface area contributed by atoms with E-state index in [1.165, 1.54) is 0 Å². The van der Waals surface area contributed by atoms with Crippen LogP contribution < -0.4 is 4.74 Å². The molecule has 128 valence electrons. The molecule has 1 aliphatic heterocycles. The molecule has 24 heavy (non-hydrogen) atoms. The molecule has 1 aliphatic carbocycles. The Bertz CT molecular complexity index is 606. The molecule has 2 fully saturated rings. The first kappa shape index (κ1) is 16.8. The third kappa shape index (κ3) is 3.70. The third-order valence-electron chi connectivity index (χ3n) is 5.09. The maximum Gasteiger partial charge on any atom is 0.254 e. The van der Waals surface area contributed by atoms with E-state index in [9.17, 15) is 9.90 Å². The number of ether oxygens (including phenoxy) is 1. The van der Waals surface area contributed by atoms with Crippen molar-refractivity contribution < 1.29 is 14.6 Å². The fraction of sp³-hybridized carbons (Fsp3) is 0.579. The first-order valence-electron chi connectivity index (χ1n) is 8.79.